The molecule has 5 heteroatoms. The maximum absolute atomic E-state index is 12.3. The zero-order valence-corrected chi connectivity index (χ0v) is 14.3. The predicted molar refractivity (Wildman–Crippen MR) is 95.4 cm³/mol. The van der Waals surface area contributed by atoms with Crippen LogP contribution in [-0.2, 0) is 11.3 Å². The van der Waals surface area contributed by atoms with E-state index in [2.05, 4.69) is 24.2 Å². The summed E-state index contributed by atoms with van der Waals surface area (Å²) in [6.45, 7) is 2.87. The molecule has 0 amide bonds. The van der Waals surface area contributed by atoms with Crippen LogP contribution in [0.3, 0.4) is 0 Å². The van der Waals surface area contributed by atoms with Crippen molar-refractivity contribution in [1.29, 1.82) is 0 Å². The van der Waals surface area contributed by atoms with Crippen molar-refractivity contribution in [3.63, 3.8) is 0 Å². The third-order valence-corrected chi connectivity index (χ3v) is 4.60. The van der Waals surface area contributed by atoms with Gasteiger partial charge in [0.1, 0.15) is 0 Å². The average Bonchev–Trinajstić information content (AvgIpc) is 2.63. The van der Waals surface area contributed by atoms with Crippen LogP contribution < -0.4 is 5.56 Å². The molecule has 1 aliphatic rings. The quantitative estimate of drug-likeness (QED) is 0.621. The van der Waals surface area contributed by atoms with Gasteiger partial charge in [-0.2, -0.15) is 5.10 Å². The summed E-state index contributed by atoms with van der Waals surface area (Å²) in [6.07, 6.45) is 6.25. The number of hydrogen-bond acceptors (Lipinski definition) is 4. The lowest BCUT2D eigenvalue weighted by molar-refractivity contribution is 0.0385. The molecule has 0 fully saturated rings. The highest BCUT2D eigenvalue weighted by molar-refractivity contribution is 5.86. The zero-order valence-electron chi connectivity index (χ0n) is 14.3. The Kier molecular flexibility index (Phi) is 5.43. The van der Waals surface area contributed by atoms with Gasteiger partial charge in [0.15, 0.2) is 5.69 Å². The SMILES string of the molecule is CC1CC=CCC1COC(=O)c1ccc(=O)n(Cc2ccccc2)n1. The van der Waals surface area contributed by atoms with E-state index in [1.807, 2.05) is 30.3 Å². The van der Waals surface area contributed by atoms with E-state index in [0.29, 0.717) is 25.0 Å². The minimum atomic E-state index is -0.483. The van der Waals surface area contributed by atoms with E-state index in [4.69, 9.17) is 4.74 Å². The molecule has 1 heterocycles. The van der Waals surface area contributed by atoms with Gasteiger partial charge in [-0.25, -0.2) is 9.48 Å². The number of esters is 1. The van der Waals surface area contributed by atoms with Gasteiger partial charge in [-0.15, -0.1) is 0 Å². The lowest BCUT2D eigenvalue weighted by Crippen LogP contribution is -2.26. The smallest absolute Gasteiger partial charge is 0.358 e. The normalized spacial score (nSPS) is 19.6. The van der Waals surface area contributed by atoms with Crippen molar-refractivity contribution in [3.05, 3.63) is 76.2 Å². The van der Waals surface area contributed by atoms with Gasteiger partial charge in [0.2, 0.25) is 0 Å². The van der Waals surface area contributed by atoms with Gasteiger partial charge in [0, 0.05) is 6.07 Å². The Bertz CT molecular complexity index is 811. The first-order chi connectivity index (χ1) is 12.1. The summed E-state index contributed by atoms with van der Waals surface area (Å²) in [5.41, 5.74) is 0.867. The molecule has 1 aromatic heterocycles. The number of benzene rings is 1. The van der Waals surface area contributed by atoms with Crippen molar-refractivity contribution < 1.29 is 9.53 Å². The number of carbonyl (C=O) groups is 1. The molecule has 1 aromatic carbocycles. The molecule has 2 unspecified atom stereocenters. The summed E-state index contributed by atoms with van der Waals surface area (Å²) in [5, 5.41) is 4.17. The molecular formula is C20H22N2O3. The maximum Gasteiger partial charge on any atom is 0.358 e. The molecule has 1 aliphatic carbocycles. The van der Waals surface area contributed by atoms with Crippen molar-refractivity contribution >= 4 is 5.97 Å². The molecule has 0 saturated carbocycles. The topological polar surface area (TPSA) is 61.2 Å². The molecule has 3 rings (SSSR count). The minimum absolute atomic E-state index is 0.162. The Labute approximate surface area is 146 Å². The molecular weight excluding hydrogens is 316 g/mol. The third-order valence-electron chi connectivity index (χ3n) is 4.60. The molecule has 0 spiro atoms. The molecule has 130 valence electrons. The van der Waals surface area contributed by atoms with E-state index < -0.39 is 5.97 Å². The predicted octanol–water partition coefficient (Wildman–Crippen LogP) is 3.05. The third kappa shape index (κ3) is 4.44. The number of nitrogens with zero attached hydrogens (tertiary/aromatic N) is 2. The van der Waals surface area contributed by atoms with Gasteiger partial charge in [0.05, 0.1) is 13.2 Å². The fourth-order valence-electron chi connectivity index (χ4n) is 2.92. The van der Waals surface area contributed by atoms with Gasteiger partial charge < -0.3 is 4.74 Å². The monoisotopic (exact) mass is 338 g/mol. The first kappa shape index (κ1) is 17.1. The second-order valence-electron chi connectivity index (χ2n) is 6.48. The summed E-state index contributed by atoms with van der Waals surface area (Å²) in [5.74, 6) is 0.352. The van der Waals surface area contributed by atoms with Crippen LogP contribution in [0.15, 0.2) is 59.4 Å². The Morgan fingerprint density at radius 3 is 2.68 bits per heavy atom. The number of carbonyl (C=O) groups excluding carboxylic acids is 1. The second-order valence-corrected chi connectivity index (χ2v) is 6.48. The zero-order chi connectivity index (χ0) is 17.6. The highest BCUT2D eigenvalue weighted by Gasteiger charge is 2.21. The van der Waals surface area contributed by atoms with Crippen LogP contribution in [0.5, 0.6) is 0 Å². The molecule has 0 aliphatic heterocycles. The molecule has 0 saturated heterocycles. The van der Waals surface area contributed by atoms with Gasteiger partial charge >= 0.3 is 5.97 Å². The van der Waals surface area contributed by atoms with Gasteiger partial charge in [-0.05, 0) is 36.3 Å². The second kappa shape index (κ2) is 7.92. The largest absolute Gasteiger partial charge is 0.461 e. The highest BCUT2D eigenvalue weighted by Crippen LogP contribution is 2.25. The maximum atomic E-state index is 12.3. The van der Waals surface area contributed by atoms with Crippen LogP contribution in [0.4, 0.5) is 0 Å². The molecule has 0 N–H and O–H groups in total. The Hall–Kier alpha value is -2.69. The van der Waals surface area contributed by atoms with Gasteiger partial charge in [-0.3, -0.25) is 4.79 Å². The summed E-state index contributed by atoms with van der Waals surface area (Å²) in [7, 11) is 0. The number of aromatic nitrogens is 2. The molecule has 2 aromatic rings. The number of ether oxygens (including phenoxy) is 1. The van der Waals surface area contributed by atoms with E-state index in [1.165, 1.54) is 16.8 Å². The van der Waals surface area contributed by atoms with Crippen molar-refractivity contribution in [1.82, 2.24) is 9.78 Å². The Balaban J connectivity index is 1.67. The van der Waals surface area contributed by atoms with Crippen LogP contribution in [0.1, 0.15) is 35.8 Å². The number of rotatable bonds is 5. The van der Waals surface area contributed by atoms with E-state index in [9.17, 15) is 9.59 Å². The van der Waals surface area contributed by atoms with Crippen molar-refractivity contribution in [2.24, 2.45) is 11.8 Å². The molecule has 0 radical (unpaired) electrons. The average molecular weight is 338 g/mol. The first-order valence-corrected chi connectivity index (χ1v) is 8.57. The van der Waals surface area contributed by atoms with E-state index >= 15 is 0 Å². The molecule has 5 nitrogen and oxygen atoms in total. The van der Waals surface area contributed by atoms with Crippen LogP contribution in [0, 0.1) is 11.8 Å². The number of allylic oxidation sites excluding steroid dienone is 2. The van der Waals surface area contributed by atoms with Crippen LogP contribution in [0.2, 0.25) is 0 Å². The summed E-state index contributed by atoms with van der Waals surface area (Å²) >= 11 is 0. The van der Waals surface area contributed by atoms with E-state index in [-0.39, 0.29) is 11.3 Å². The van der Waals surface area contributed by atoms with Crippen LogP contribution in [0.25, 0.3) is 0 Å². The molecule has 2 atom stereocenters. The summed E-state index contributed by atoms with van der Waals surface area (Å²) < 4.78 is 6.72. The lowest BCUT2D eigenvalue weighted by atomic mass is 9.85. The Morgan fingerprint density at radius 2 is 1.92 bits per heavy atom. The molecule has 0 bridgehead atoms. The summed E-state index contributed by atoms with van der Waals surface area (Å²) in [4.78, 5) is 24.3. The fourth-order valence-corrected chi connectivity index (χ4v) is 2.92. The number of hydrogen-bond donors (Lipinski definition) is 0. The van der Waals surface area contributed by atoms with Crippen molar-refractivity contribution in [3.8, 4) is 0 Å². The van der Waals surface area contributed by atoms with Crippen molar-refractivity contribution in [2.45, 2.75) is 26.3 Å². The highest BCUT2D eigenvalue weighted by atomic mass is 16.5. The first-order valence-electron chi connectivity index (χ1n) is 8.57. The van der Waals surface area contributed by atoms with Gasteiger partial charge in [0.25, 0.3) is 5.56 Å². The minimum Gasteiger partial charge on any atom is -0.461 e. The van der Waals surface area contributed by atoms with Crippen molar-refractivity contribution in [2.75, 3.05) is 6.61 Å². The fraction of sp³-hybridized carbons (Fsp3) is 0.350. The summed E-state index contributed by atoms with van der Waals surface area (Å²) in [6, 6.07) is 12.3. The van der Waals surface area contributed by atoms with Crippen LogP contribution in [-0.4, -0.2) is 22.4 Å². The molecule has 25 heavy (non-hydrogen) atoms. The van der Waals surface area contributed by atoms with Crippen LogP contribution >= 0.6 is 0 Å². The van der Waals surface area contributed by atoms with Gasteiger partial charge in [-0.1, -0.05) is 49.4 Å². The lowest BCUT2D eigenvalue weighted by Gasteiger charge is -2.24. The van der Waals surface area contributed by atoms with E-state index in [1.54, 1.807) is 0 Å². The van der Waals surface area contributed by atoms with E-state index in [0.717, 1.165) is 18.4 Å². The Morgan fingerprint density at radius 1 is 1.16 bits per heavy atom. The standard InChI is InChI=1S/C20H22N2O3/c1-15-7-5-6-10-17(15)14-25-20(24)18-11-12-19(23)22(21-18)13-16-8-3-2-4-9-16/h2-6,8-9,11-12,15,17H,7,10,13-14H2,1H3.